The van der Waals surface area contributed by atoms with E-state index in [0.29, 0.717) is 12.5 Å². The van der Waals surface area contributed by atoms with Gasteiger partial charge in [0.25, 0.3) is 0 Å². The highest BCUT2D eigenvalue weighted by Crippen LogP contribution is 2.29. The number of likely N-dealkylation sites (tertiary alicyclic amines) is 1. The van der Waals surface area contributed by atoms with Crippen molar-refractivity contribution in [3.8, 4) is 10.6 Å². The quantitative estimate of drug-likeness (QED) is 0.735. The predicted octanol–water partition coefficient (Wildman–Crippen LogP) is 2.80. The SMILES string of the molecule is CC1CCCCN1C(=O)Cc1ccccc1-c1nn2cnnc2s1. The Hall–Kier alpha value is -2.28. The zero-order chi connectivity index (χ0) is 16.5. The molecule has 7 heteroatoms. The molecule has 24 heavy (non-hydrogen) atoms. The highest BCUT2D eigenvalue weighted by molar-refractivity contribution is 7.19. The average Bonchev–Trinajstić information content (AvgIpc) is 3.17. The summed E-state index contributed by atoms with van der Waals surface area (Å²) in [6, 6.07) is 8.34. The third-order valence-corrected chi connectivity index (χ3v) is 5.55. The normalized spacial score (nSPS) is 18.2. The van der Waals surface area contributed by atoms with E-state index in [-0.39, 0.29) is 5.91 Å². The number of hydrogen-bond donors (Lipinski definition) is 0. The molecule has 1 aromatic carbocycles. The van der Waals surface area contributed by atoms with Crippen LogP contribution in [0.1, 0.15) is 31.7 Å². The summed E-state index contributed by atoms with van der Waals surface area (Å²) in [5, 5.41) is 13.3. The molecule has 0 radical (unpaired) electrons. The molecule has 1 amide bonds. The molecule has 1 fully saturated rings. The summed E-state index contributed by atoms with van der Waals surface area (Å²) in [7, 11) is 0. The van der Waals surface area contributed by atoms with Crippen LogP contribution in [-0.2, 0) is 11.2 Å². The highest BCUT2D eigenvalue weighted by atomic mass is 32.1. The van der Waals surface area contributed by atoms with Crippen LogP contribution in [-0.4, -0.2) is 43.2 Å². The van der Waals surface area contributed by atoms with Crippen molar-refractivity contribution in [1.29, 1.82) is 0 Å². The van der Waals surface area contributed by atoms with E-state index < -0.39 is 0 Å². The second-order valence-corrected chi connectivity index (χ2v) is 7.19. The predicted molar refractivity (Wildman–Crippen MR) is 92.8 cm³/mol. The summed E-state index contributed by atoms with van der Waals surface area (Å²) in [6.45, 7) is 3.02. The number of aromatic nitrogens is 4. The van der Waals surface area contributed by atoms with Crippen LogP contribution in [0.15, 0.2) is 30.6 Å². The molecule has 124 valence electrons. The highest BCUT2D eigenvalue weighted by Gasteiger charge is 2.24. The first-order chi connectivity index (χ1) is 11.7. The Bertz CT molecular complexity index is 842. The molecule has 6 nitrogen and oxygen atoms in total. The second kappa shape index (κ2) is 6.32. The van der Waals surface area contributed by atoms with Crippen LogP contribution < -0.4 is 0 Å². The summed E-state index contributed by atoms with van der Waals surface area (Å²) in [4.78, 5) is 15.6. The van der Waals surface area contributed by atoms with Crippen molar-refractivity contribution in [2.24, 2.45) is 0 Å². The van der Waals surface area contributed by atoms with E-state index in [1.54, 1.807) is 10.8 Å². The van der Waals surface area contributed by atoms with Crippen molar-refractivity contribution in [3.63, 3.8) is 0 Å². The number of fused-ring (bicyclic) bond motifs is 1. The number of amides is 1. The van der Waals surface area contributed by atoms with Gasteiger partial charge in [0, 0.05) is 18.2 Å². The summed E-state index contributed by atoms with van der Waals surface area (Å²) >= 11 is 1.49. The van der Waals surface area contributed by atoms with Crippen LogP contribution in [0, 0.1) is 0 Å². The van der Waals surface area contributed by atoms with Crippen molar-refractivity contribution in [2.75, 3.05) is 6.54 Å². The van der Waals surface area contributed by atoms with Crippen molar-refractivity contribution in [1.82, 2.24) is 24.7 Å². The Morgan fingerprint density at radius 2 is 2.21 bits per heavy atom. The lowest BCUT2D eigenvalue weighted by Gasteiger charge is -2.33. The van der Waals surface area contributed by atoms with Crippen molar-refractivity contribution in [3.05, 3.63) is 36.2 Å². The van der Waals surface area contributed by atoms with Gasteiger partial charge in [-0.3, -0.25) is 4.79 Å². The van der Waals surface area contributed by atoms with Gasteiger partial charge in [-0.1, -0.05) is 35.6 Å². The Morgan fingerprint density at radius 1 is 1.33 bits per heavy atom. The summed E-state index contributed by atoms with van der Waals surface area (Å²) < 4.78 is 1.67. The third-order valence-electron chi connectivity index (χ3n) is 4.60. The summed E-state index contributed by atoms with van der Waals surface area (Å²) in [6.07, 6.45) is 5.44. The second-order valence-electron chi connectivity index (χ2n) is 6.23. The number of carbonyl (C=O) groups excluding carboxylic acids is 1. The van der Waals surface area contributed by atoms with Gasteiger partial charge in [-0.2, -0.15) is 9.61 Å². The minimum Gasteiger partial charge on any atom is -0.340 e. The van der Waals surface area contributed by atoms with Gasteiger partial charge in [0.2, 0.25) is 10.9 Å². The molecular weight excluding hydrogens is 322 g/mol. The number of rotatable bonds is 3. The topological polar surface area (TPSA) is 63.4 Å². The van der Waals surface area contributed by atoms with E-state index in [0.717, 1.165) is 40.5 Å². The van der Waals surface area contributed by atoms with Gasteiger partial charge in [-0.05, 0) is 31.7 Å². The minimum absolute atomic E-state index is 0.206. The molecule has 3 aromatic rings. The summed E-state index contributed by atoms with van der Waals surface area (Å²) in [5.74, 6) is 0.206. The molecule has 1 saturated heterocycles. The first-order valence-corrected chi connectivity index (χ1v) is 9.08. The van der Waals surface area contributed by atoms with Gasteiger partial charge in [0.05, 0.1) is 6.42 Å². The van der Waals surface area contributed by atoms with E-state index in [2.05, 4.69) is 22.2 Å². The molecule has 1 aliphatic heterocycles. The van der Waals surface area contributed by atoms with Crippen molar-refractivity contribution >= 4 is 22.2 Å². The molecule has 1 atom stereocenters. The fourth-order valence-corrected chi connectivity index (χ4v) is 4.17. The van der Waals surface area contributed by atoms with Gasteiger partial charge in [0.1, 0.15) is 11.3 Å². The molecule has 0 saturated carbocycles. The van der Waals surface area contributed by atoms with Crippen LogP contribution in [0.5, 0.6) is 0 Å². The Kier molecular flexibility index (Phi) is 4.02. The lowest BCUT2D eigenvalue weighted by atomic mass is 10.0. The minimum atomic E-state index is 0.206. The molecule has 0 N–H and O–H groups in total. The molecular formula is C17H19N5OS. The standard InChI is InChI=1S/C17H19N5OS/c1-12-6-4-5-9-21(12)15(23)10-13-7-2-3-8-14(13)16-20-22-11-18-19-17(22)24-16/h2-3,7-8,11-12H,4-6,9-10H2,1H3. The van der Waals surface area contributed by atoms with Gasteiger partial charge < -0.3 is 4.90 Å². The van der Waals surface area contributed by atoms with Crippen molar-refractivity contribution in [2.45, 2.75) is 38.6 Å². The first-order valence-electron chi connectivity index (χ1n) is 8.27. The van der Waals surface area contributed by atoms with Gasteiger partial charge in [-0.25, -0.2) is 0 Å². The Balaban J connectivity index is 1.61. The van der Waals surface area contributed by atoms with Crippen LogP contribution in [0.3, 0.4) is 0 Å². The van der Waals surface area contributed by atoms with Gasteiger partial charge in [0.15, 0.2) is 0 Å². The van der Waals surface area contributed by atoms with E-state index in [1.807, 2.05) is 29.2 Å². The number of benzene rings is 1. The summed E-state index contributed by atoms with van der Waals surface area (Å²) in [5.41, 5.74) is 2.02. The van der Waals surface area contributed by atoms with Crippen LogP contribution in [0.2, 0.25) is 0 Å². The van der Waals surface area contributed by atoms with E-state index in [4.69, 9.17) is 0 Å². The van der Waals surface area contributed by atoms with Crippen molar-refractivity contribution < 1.29 is 4.79 Å². The van der Waals surface area contributed by atoms with E-state index in [1.165, 1.54) is 17.8 Å². The number of piperidine rings is 1. The van der Waals surface area contributed by atoms with Crippen LogP contribution >= 0.6 is 11.3 Å². The monoisotopic (exact) mass is 341 g/mol. The molecule has 0 bridgehead atoms. The lowest BCUT2D eigenvalue weighted by molar-refractivity contribution is -0.133. The Labute approximate surface area is 144 Å². The number of carbonyl (C=O) groups is 1. The maximum absolute atomic E-state index is 12.8. The molecule has 1 unspecified atom stereocenters. The fraction of sp³-hybridized carbons (Fsp3) is 0.412. The number of nitrogens with zero attached hydrogens (tertiary/aromatic N) is 5. The number of hydrogen-bond acceptors (Lipinski definition) is 5. The van der Waals surface area contributed by atoms with Crippen LogP contribution in [0.4, 0.5) is 0 Å². The zero-order valence-corrected chi connectivity index (χ0v) is 14.4. The molecule has 0 aliphatic carbocycles. The van der Waals surface area contributed by atoms with Gasteiger partial charge >= 0.3 is 0 Å². The molecule has 0 spiro atoms. The zero-order valence-electron chi connectivity index (χ0n) is 13.6. The fourth-order valence-electron chi connectivity index (χ4n) is 3.28. The average molecular weight is 341 g/mol. The largest absolute Gasteiger partial charge is 0.340 e. The smallest absolute Gasteiger partial charge is 0.234 e. The van der Waals surface area contributed by atoms with E-state index in [9.17, 15) is 4.79 Å². The molecule has 3 heterocycles. The van der Waals surface area contributed by atoms with E-state index >= 15 is 0 Å². The lowest BCUT2D eigenvalue weighted by Crippen LogP contribution is -2.42. The Morgan fingerprint density at radius 3 is 3.04 bits per heavy atom. The maximum atomic E-state index is 12.8. The third kappa shape index (κ3) is 2.80. The van der Waals surface area contributed by atoms with Gasteiger partial charge in [-0.15, -0.1) is 10.2 Å². The molecule has 4 rings (SSSR count). The molecule has 2 aromatic heterocycles. The van der Waals surface area contributed by atoms with Crippen LogP contribution in [0.25, 0.3) is 15.5 Å². The maximum Gasteiger partial charge on any atom is 0.234 e. The molecule has 1 aliphatic rings. The first kappa shape index (κ1) is 15.3.